The van der Waals surface area contributed by atoms with Gasteiger partial charge in [0, 0.05) is 60.5 Å². The van der Waals surface area contributed by atoms with Crippen molar-refractivity contribution in [2.24, 2.45) is 0 Å². The van der Waals surface area contributed by atoms with E-state index in [1.54, 1.807) is 19.1 Å². The van der Waals surface area contributed by atoms with Crippen LogP contribution in [0.15, 0.2) is 30.3 Å². The Morgan fingerprint density at radius 1 is 1.19 bits per heavy atom. The second-order valence-corrected chi connectivity index (χ2v) is 9.62. The molecule has 6 nitrogen and oxygen atoms in total. The van der Waals surface area contributed by atoms with E-state index in [2.05, 4.69) is 10.2 Å². The van der Waals surface area contributed by atoms with E-state index in [4.69, 9.17) is 15.9 Å². The predicted molar refractivity (Wildman–Crippen MR) is 134 cm³/mol. The summed E-state index contributed by atoms with van der Waals surface area (Å²) < 4.78 is 59.1. The van der Waals surface area contributed by atoms with Crippen molar-refractivity contribution < 1.29 is 22.3 Å². The zero-order valence-electron chi connectivity index (χ0n) is 20.5. The van der Waals surface area contributed by atoms with Gasteiger partial charge in [-0.3, -0.25) is 14.2 Å². The van der Waals surface area contributed by atoms with Crippen molar-refractivity contribution in [1.82, 2.24) is 9.80 Å². The van der Waals surface area contributed by atoms with Crippen LogP contribution >= 0.6 is 0 Å². The first kappa shape index (κ1) is 26.2. The van der Waals surface area contributed by atoms with Gasteiger partial charge in [0.2, 0.25) is 0 Å². The molecule has 1 fully saturated rings. The van der Waals surface area contributed by atoms with Gasteiger partial charge in [0.25, 0.3) is 0 Å². The van der Waals surface area contributed by atoms with E-state index in [9.17, 15) is 17.6 Å². The molecule has 1 saturated heterocycles. The number of benzene rings is 2. The molecule has 0 aromatic heterocycles. The summed E-state index contributed by atoms with van der Waals surface area (Å²) in [5.74, 6) is 0.485. The minimum atomic E-state index is -4.38. The molecule has 2 aromatic carbocycles. The minimum absolute atomic E-state index is 0.218. The Hall–Kier alpha value is -2.85. The van der Waals surface area contributed by atoms with Gasteiger partial charge >= 0.3 is 6.18 Å². The molecular weight excluding hydrogens is 474 g/mol. The zero-order chi connectivity index (χ0) is 26.0. The molecule has 0 saturated carbocycles. The molecule has 4 N–H and O–H groups in total. The summed E-state index contributed by atoms with van der Waals surface area (Å²) in [4.78, 5) is 3.62. The van der Waals surface area contributed by atoms with E-state index in [0.717, 1.165) is 30.9 Å². The molecule has 1 unspecified atom stereocenters. The van der Waals surface area contributed by atoms with Crippen molar-refractivity contribution in [3.63, 3.8) is 0 Å². The van der Waals surface area contributed by atoms with E-state index >= 15 is 0 Å². The largest absolute Gasteiger partial charge is 0.496 e. The van der Waals surface area contributed by atoms with Crippen molar-refractivity contribution >= 4 is 17.6 Å². The predicted octanol–water partition coefficient (Wildman–Crippen LogP) is 4.63. The molecule has 2 atom stereocenters. The fourth-order valence-electron chi connectivity index (χ4n) is 5.39. The summed E-state index contributed by atoms with van der Waals surface area (Å²) in [6.45, 7) is 2.73. The standard InChI is InChI=1S/C26H33F4N5O/c1-16-10-21-19(6-7-23(32)22(21)12-31)25(35(16)15-26(28,29)30)20-5-4-17(11-24(20)36-2)33-18-13-34(14-18)9-3-8-27/h4-7,11-12,16,18,25,31,33H,3,8-10,13-15,32H2,1-2H3/t16-,25?/m1/s1. The van der Waals surface area contributed by atoms with E-state index < -0.39 is 24.8 Å². The molecule has 196 valence electrons. The van der Waals surface area contributed by atoms with E-state index in [1.807, 2.05) is 18.2 Å². The Morgan fingerprint density at radius 3 is 2.56 bits per heavy atom. The first-order chi connectivity index (χ1) is 17.1. The first-order valence-electron chi connectivity index (χ1n) is 12.1. The summed E-state index contributed by atoms with van der Waals surface area (Å²) in [6, 6.07) is 7.99. The molecule has 36 heavy (non-hydrogen) atoms. The number of hydrogen-bond acceptors (Lipinski definition) is 6. The highest BCUT2D eigenvalue weighted by Crippen LogP contribution is 2.44. The number of methoxy groups -OCH3 is 1. The first-order valence-corrected chi connectivity index (χ1v) is 12.1. The van der Waals surface area contributed by atoms with E-state index in [-0.39, 0.29) is 12.7 Å². The molecule has 0 bridgehead atoms. The third-order valence-electron chi connectivity index (χ3n) is 7.09. The number of rotatable bonds is 9. The third kappa shape index (κ3) is 5.44. The van der Waals surface area contributed by atoms with Gasteiger partial charge in [-0.25, -0.2) is 0 Å². The summed E-state index contributed by atoms with van der Waals surface area (Å²) in [5, 5.41) is 11.3. The number of hydrogen-bond donors (Lipinski definition) is 3. The molecule has 2 aliphatic heterocycles. The second-order valence-electron chi connectivity index (χ2n) is 9.62. The van der Waals surface area contributed by atoms with Crippen LogP contribution in [0.2, 0.25) is 0 Å². The topological polar surface area (TPSA) is 77.6 Å². The van der Waals surface area contributed by atoms with Crippen molar-refractivity contribution in [2.45, 2.75) is 44.1 Å². The van der Waals surface area contributed by atoms with Gasteiger partial charge in [-0.2, -0.15) is 13.2 Å². The van der Waals surface area contributed by atoms with Crippen molar-refractivity contribution in [1.29, 1.82) is 5.41 Å². The number of nitrogens with one attached hydrogen (secondary N) is 2. The Kier molecular flexibility index (Phi) is 7.75. The highest BCUT2D eigenvalue weighted by Gasteiger charge is 2.42. The molecule has 0 amide bonds. The average Bonchev–Trinajstić information content (AvgIpc) is 2.80. The lowest BCUT2D eigenvalue weighted by atomic mass is 9.82. The van der Waals surface area contributed by atoms with Gasteiger partial charge in [-0.05, 0) is 43.0 Å². The van der Waals surface area contributed by atoms with Crippen LogP contribution in [0.1, 0.15) is 41.6 Å². The number of nitrogens with zero attached hydrogens (tertiary/aromatic N) is 2. The van der Waals surface area contributed by atoms with Crippen LogP contribution in [0.25, 0.3) is 0 Å². The normalized spacial score (nSPS) is 21.1. The van der Waals surface area contributed by atoms with Gasteiger partial charge < -0.3 is 21.2 Å². The maximum atomic E-state index is 13.7. The van der Waals surface area contributed by atoms with Crippen LogP contribution in [0.5, 0.6) is 5.75 Å². The second kappa shape index (κ2) is 10.6. The summed E-state index contributed by atoms with van der Waals surface area (Å²) >= 11 is 0. The Labute approximate surface area is 208 Å². The molecule has 2 heterocycles. The van der Waals surface area contributed by atoms with Crippen molar-refractivity contribution in [3.05, 3.63) is 52.6 Å². The SMILES string of the molecule is COc1cc(NC2CN(CCCF)C2)ccc1C1c2ccc(N)c(C=N)c2C[C@@H](C)N1CC(F)(F)F. The molecule has 2 aliphatic rings. The summed E-state index contributed by atoms with van der Waals surface area (Å²) in [7, 11) is 1.51. The van der Waals surface area contributed by atoms with E-state index in [1.165, 1.54) is 18.2 Å². The third-order valence-corrected chi connectivity index (χ3v) is 7.09. The number of nitrogens with two attached hydrogens (primary N) is 1. The summed E-state index contributed by atoms with van der Waals surface area (Å²) in [6.07, 6.45) is -2.32. The fraction of sp³-hybridized carbons (Fsp3) is 0.500. The lowest BCUT2D eigenvalue weighted by molar-refractivity contribution is -0.155. The van der Waals surface area contributed by atoms with Gasteiger partial charge in [-0.15, -0.1) is 0 Å². The zero-order valence-corrected chi connectivity index (χ0v) is 20.5. The number of alkyl halides is 4. The van der Waals surface area contributed by atoms with Gasteiger partial charge in [0.15, 0.2) is 0 Å². The average molecular weight is 508 g/mol. The fourth-order valence-corrected chi connectivity index (χ4v) is 5.39. The summed E-state index contributed by atoms with van der Waals surface area (Å²) in [5.41, 5.74) is 10.0. The maximum absolute atomic E-state index is 13.7. The number of anilines is 2. The van der Waals surface area contributed by atoms with Gasteiger partial charge in [0.05, 0.1) is 32.4 Å². The van der Waals surface area contributed by atoms with E-state index in [0.29, 0.717) is 41.0 Å². The number of likely N-dealkylation sites (tertiary alicyclic amines) is 1. The molecule has 0 aliphatic carbocycles. The molecule has 0 radical (unpaired) electrons. The van der Waals surface area contributed by atoms with Crippen LogP contribution in [-0.4, -0.2) is 74.2 Å². The lowest BCUT2D eigenvalue weighted by Crippen LogP contribution is -2.54. The highest BCUT2D eigenvalue weighted by molar-refractivity contribution is 5.88. The van der Waals surface area contributed by atoms with Gasteiger partial charge in [-0.1, -0.05) is 12.1 Å². The number of fused-ring (bicyclic) bond motifs is 1. The number of nitrogen functional groups attached to an aromatic ring is 1. The Morgan fingerprint density at radius 2 is 1.92 bits per heavy atom. The Balaban J connectivity index is 1.68. The lowest BCUT2D eigenvalue weighted by Gasteiger charge is -2.43. The minimum Gasteiger partial charge on any atom is -0.496 e. The molecule has 2 aromatic rings. The molecule has 4 rings (SSSR count). The number of ether oxygens (including phenoxy) is 1. The van der Waals surface area contributed by atoms with Crippen molar-refractivity contribution in [2.75, 3.05) is 51.0 Å². The maximum Gasteiger partial charge on any atom is 0.401 e. The smallest absolute Gasteiger partial charge is 0.401 e. The Bertz CT molecular complexity index is 1090. The molecule has 10 heteroatoms. The monoisotopic (exact) mass is 507 g/mol. The number of halogens is 4. The molecule has 0 spiro atoms. The highest BCUT2D eigenvalue weighted by atomic mass is 19.4. The van der Waals surface area contributed by atoms with Crippen LogP contribution < -0.4 is 15.8 Å². The van der Waals surface area contributed by atoms with Crippen LogP contribution in [-0.2, 0) is 6.42 Å². The van der Waals surface area contributed by atoms with Crippen LogP contribution in [0.4, 0.5) is 28.9 Å². The molecular formula is C26H33F4N5O. The van der Waals surface area contributed by atoms with Gasteiger partial charge in [0.1, 0.15) is 5.75 Å². The van der Waals surface area contributed by atoms with Crippen molar-refractivity contribution in [3.8, 4) is 5.75 Å². The quantitative estimate of drug-likeness (QED) is 0.262. The van der Waals surface area contributed by atoms with Crippen LogP contribution in [0, 0.1) is 5.41 Å². The van der Waals surface area contributed by atoms with Crippen LogP contribution in [0.3, 0.4) is 0 Å².